The van der Waals surface area contributed by atoms with Crippen LogP contribution in [0.5, 0.6) is 0 Å². The molecule has 4 nitrogen and oxygen atoms in total. The number of benzene rings is 2. The largest absolute Gasteiger partial charge is 0.457 e. The van der Waals surface area contributed by atoms with Crippen LogP contribution < -0.4 is 0 Å². The van der Waals surface area contributed by atoms with Gasteiger partial charge in [0.2, 0.25) is 0 Å². The molecule has 0 saturated heterocycles. The lowest BCUT2D eigenvalue weighted by Crippen LogP contribution is -2.14. The van der Waals surface area contributed by atoms with E-state index in [1.54, 1.807) is 26.3 Å². The summed E-state index contributed by atoms with van der Waals surface area (Å²) in [7, 11) is 1.88. The molecule has 2 aromatic carbocycles. The Labute approximate surface area is 166 Å². The van der Waals surface area contributed by atoms with Crippen LogP contribution in [0.3, 0.4) is 0 Å². The molecule has 0 spiro atoms. The van der Waals surface area contributed by atoms with Crippen LogP contribution >= 0.6 is 0 Å². The van der Waals surface area contributed by atoms with Crippen LogP contribution in [0, 0.1) is 19.7 Å². The molecule has 0 unspecified atom stereocenters. The first-order chi connectivity index (χ1) is 13.6. The van der Waals surface area contributed by atoms with E-state index in [9.17, 15) is 22.4 Å². The summed E-state index contributed by atoms with van der Waals surface area (Å²) in [4.78, 5) is 18.7. The van der Waals surface area contributed by atoms with E-state index in [1.165, 1.54) is 6.07 Å². The van der Waals surface area contributed by atoms with Gasteiger partial charge in [-0.15, -0.1) is 0 Å². The van der Waals surface area contributed by atoms with Gasteiger partial charge in [0.15, 0.2) is 0 Å². The van der Waals surface area contributed by atoms with Crippen molar-refractivity contribution in [2.24, 2.45) is 4.99 Å². The first kappa shape index (κ1) is 22.4. The number of esters is 1. The molecular formula is C21H22F4N2O2. The van der Waals surface area contributed by atoms with Gasteiger partial charge in [-0.1, -0.05) is 12.1 Å². The van der Waals surface area contributed by atoms with E-state index >= 15 is 0 Å². The first-order valence-corrected chi connectivity index (χ1v) is 8.92. The summed E-state index contributed by atoms with van der Waals surface area (Å²) in [5, 5.41) is 0. The highest BCUT2D eigenvalue weighted by atomic mass is 19.4. The molecule has 0 aromatic heterocycles. The number of carbonyl (C=O) groups excluding carboxylic acids is 1. The molecule has 0 saturated carbocycles. The van der Waals surface area contributed by atoms with E-state index < -0.39 is 30.1 Å². The normalized spacial score (nSPS) is 11.7. The fraction of sp³-hybridized carbons (Fsp3) is 0.333. The molecule has 0 heterocycles. The Kier molecular flexibility index (Phi) is 7.00. The van der Waals surface area contributed by atoms with E-state index in [4.69, 9.17) is 4.74 Å². The second kappa shape index (κ2) is 9.07. The predicted octanol–water partition coefficient (Wildman–Crippen LogP) is 5.43. The maximum Gasteiger partial charge on any atom is 0.419 e. The van der Waals surface area contributed by atoms with Crippen molar-refractivity contribution >= 4 is 18.0 Å². The van der Waals surface area contributed by atoms with Crippen LogP contribution in [0.15, 0.2) is 35.3 Å². The Morgan fingerprint density at radius 1 is 1.17 bits per heavy atom. The lowest BCUT2D eigenvalue weighted by Gasteiger charge is -2.14. The average molecular weight is 410 g/mol. The van der Waals surface area contributed by atoms with Gasteiger partial charge in [0.25, 0.3) is 0 Å². The summed E-state index contributed by atoms with van der Waals surface area (Å²) in [6.45, 7) is 5.69. The molecule has 8 heteroatoms. The Balaban J connectivity index is 2.18. The summed E-state index contributed by atoms with van der Waals surface area (Å²) in [5.41, 5.74) is 0.600. The molecule has 0 aliphatic heterocycles. The van der Waals surface area contributed by atoms with E-state index in [0.717, 1.165) is 24.2 Å². The number of rotatable bonds is 6. The molecule has 0 aliphatic rings. The van der Waals surface area contributed by atoms with E-state index in [2.05, 4.69) is 4.99 Å². The highest BCUT2D eigenvalue weighted by molar-refractivity contribution is 5.92. The maximum atomic E-state index is 14.1. The number of nitrogens with zero attached hydrogens (tertiary/aromatic N) is 2. The molecule has 0 radical (unpaired) electrons. The third-order valence-electron chi connectivity index (χ3n) is 4.61. The fourth-order valence-corrected chi connectivity index (χ4v) is 2.54. The number of carbonyl (C=O) groups is 1. The third kappa shape index (κ3) is 5.34. The Morgan fingerprint density at radius 3 is 2.48 bits per heavy atom. The zero-order chi connectivity index (χ0) is 21.8. The minimum atomic E-state index is -4.82. The van der Waals surface area contributed by atoms with Gasteiger partial charge in [-0.2, -0.15) is 13.2 Å². The Morgan fingerprint density at radius 2 is 1.86 bits per heavy atom. The molecule has 0 bridgehead atoms. The lowest BCUT2D eigenvalue weighted by molar-refractivity contribution is -0.140. The quantitative estimate of drug-likeness (QED) is 0.276. The molecule has 0 fully saturated rings. The maximum absolute atomic E-state index is 14.1. The standard InChI is InChI=1S/C21H22F4N2O2/c1-5-27(4)12-26-18-10-9-16(13(2)14(18)3)20(28)29-11-15-7-6-8-17(19(15)22)21(23,24)25/h6-10,12H,5,11H2,1-4H3. The van der Waals surface area contributed by atoms with Gasteiger partial charge in [0.05, 0.1) is 23.2 Å². The van der Waals surface area contributed by atoms with Crippen molar-refractivity contribution < 1.29 is 27.1 Å². The van der Waals surface area contributed by atoms with E-state index in [-0.39, 0.29) is 11.1 Å². The van der Waals surface area contributed by atoms with Crippen molar-refractivity contribution in [3.63, 3.8) is 0 Å². The second-order valence-corrected chi connectivity index (χ2v) is 6.55. The van der Waals surface area contributed by atoms with E-state index in [1.807, 2.05) is 18.9 Å². The van der Waals surface area contributed by atoms with Crippen molar-refractivity contribution in [2.75, 3.05) is 13.6 Å². The average Bonchev–Trinajstić information content (AvgIpc) is 2.66. The molecular weight excluding hydrogens is 388 g/mol. The van der Waals surface area contributed by atoms with Crippen LogP contribution in [0.25, 0.3) is 0 Å². The summed E-state index contributed by atoms with van der Waals surface area (Å²) in [6.07, 6.45) is -3.14. The third-order valence-corrected chi connectivity index (χ3v) is 4.61. The summed E-state index contributed by atoms with van der Waals surface area (Å²) < 4.78 is 57.5. The summed E-state index contributed by atoms with van der Waals surface area (Å²) in [6, 6.07) is 6.06. The molecule has 0 amide bonds. The zero-order valence-corrected chi connectivity index (χ0v) is 16.6. The minimum Gasteiger partial charge on any atom is -0.457 e. The molecule has 2 rings (SSSR count). The number of hydrogen-bond donors (Lipinski definition) is 0. The van der Waals surface area contributed by atoms with Gasteiger partial charge in [0.1, 0.15) is 12.4 Å². The van der Waals surface area contributed by atoms with Crippen LogP contribution in [-0.4, -0.2) is 30.8 Å². The number of aliphatic imine (C=N–C) groups is 1. The topological polar surface area (TPSA) is 41.9 Å². The molecule has 0 atom stereocenters. The van der Waals surface area contributed by atoms with Gasteiger partial charge < -0.3 is 9.64 Å². The van der Waals surface area contributed by atoms with Gasteiger partial charge in [-0.3, -0.25) is 0 Å². The number of halogens is 4. The minimum absolute atomic E-state index is 0.248. The molecule has 0 aliphatic carbocycles. The van der Waals surface area contributed by atoms with Crippen molar-refractivity contribution in [1.82, 2.24) is 4.90 Å². The van der Waals surface area contributed by atoms with Gasteiger partial charge in [0, 0.05) is 19.2 Å². The summed E-state index contributed by atoms with van der Waals surface area (Å²) >= 11 is 0. The van der Waals surface area contributed by atoms with Crippen LogP contribution in [0.2, 0.25) is 0 Å². The zero-order valence-electron chi connectivity index (χ0n) is 16.6. The number of ether oxygens (including phenoxy) is 1. The smallest absolute Gasteiger partial charge is 0.419 e. The molecule has 2 aromatic rings. The van der Waals surface area contributed by atoms with Crippen molar-refractivity contribution in [3.8, 4) is 0 Å². The fourth-order valence-electron chi connectivity index (χ4n) is 2.54. The van der Waals surface area contributed by atoms with Crippen LogP contribution in [-0.2, 0) is 17.5 Å². The van der Waals surface area contributed by atoms with Crippen LogP contribution in [0.1, 0.15) is 39.5 Å². The Hall–Kier alpha value is -2.90. The van der Waals surface area contributed by atoms with Gasteiger partial charge in [-0.05, 0) is 50.1 Å². The second-order valence-electron chi connectivity index (χ2n) is 6.55. The molecule has 156 valence electrons. The van der Waals surface area contributed by atoms with Gasteiger partial charge in [-0.25, -0.2) is 14.2 Å². The van der Waals surface area contributed by atoms with Crippen molar-refractivity contribution in [1.29, 1.82) is 0 Å². The SMILES string of the molecule is CCN(C)C=Nc1ccc(C(=O)OCc2cccc(C(F)(F)F)c2F)c(C)c1C. The number of alkyl halides is 3. The van der Waals surface area contributed by atoms with Crippen molar-refractivity contribution in [3.05, 3.63) is 64.0 Å². The first-order valence-electron chi connectivity index (χ1n) is 8.92. The highest BCUT2D eigenvalue weighted by Gasteiger charge is 2.34. The molecule has 0 N–H and O–H groups in total. The monoisotopic (exact) mass is 410 g/mol. The van der Waals surface area contributed by atoms with E-state index in [0.29, 0.717) is 17.3 Å². The summed E-state index contributed by atoms with van der Waals surface area (Å²) in [5.74, 6) is -2.19. The van der Waals surface area contributed by atoms with Gasteiger partial charge >= 0.3 is 12.1 Å². The Bertz CT molecular complexity index is 924. The predicted molar refractivity (Wildman–Crippen MR) is 103 cm³/mol. The number of hydrogen-bond acceptors (Lipinski definition) is 3. The van der Waals surface area contributed by atoms with Crippen molar-refractivity contribution in [2.45, 2.75) is 33.6 Å². The molecule has 29 heavy (non-hydrogen) atoms. The van der Waals surface area contributed by atoms with Crippen LogP contribution in [0.4, 0.5) is 23.2 Å². The highest BCUT2D eigenvalue weighted by Crippen LogP contribution is 2.32. The lowest BCUT2D eigenvalue weighted by atomic mass is 10.0.